The fourth-order valence-electron chi connectivity index (χ4n) is 7.40. The second kappa shape index (κ2) is 15.9. The van der Waals surface area contributed by atoms with Crippen molar-refractivity contribution in [3.63, 3.8) is 0 Å². The predicted molar refractivity (Wildman–Crippen MR) is 179 cm³/mol. The summed E-state index contributed by atoms with van der Waals surface area (Å²) in [4.78, 5) is 58.9. The highest BCUT2D eigenvalue weighted by molar-refractivity contribution is 9.09. The second-order valence-corrected chi connectivity index (χ2v) is 13.9. The van der Waals surface area contributed by atoms with E-state index in [0.29, 0.717) is 24.8 Å². The summed E-state index contributed by atoms with van der Waals surface area (Å²) in [5.41, 5.74) is -0.683. The minimum absolute atomic E-state index is 0.0536. The maximum atomic E-state index is 14.5. The number of halogens is 1. The van der Waals surface area contributed by atoms with Crippen molar-refractivity contribution in [3.05, 3.63) is 61.2 Å². The summed E-state index contributed by atoms with van der Waals surface area (Å²) >= 11 is 3.70. The third-order valence-electron chi connectivity index (χ3n) is 9.55. The molecule has 3 saturated heterocycles. The number of aliphatic hydroxyl groups is 1. The molecule has 1 aromatic rings. The highest BCUT2D eigenvalue weighted by Gasteiger charge is 2.77. The molecule has 1 spiro atoms. The highest BCUT2D eigenvalue weighted by Crippen LogP contribution is 2.61. The van der Waals surface area contributed by atoms with Crippen LogP contribution in [0.2, 0.25) is 0 Å². The molecule has 2 N–H and O–H groups in total. The van der Waals surface area contributed by atoms with Crippen molar-refractivity contribution in [3.8, 4) is 0 Å². The zero-order valence-electron chi connectivity index (χ0n) is 27.7. The van der Waals surface area contributed by atoms with E-state index in [1.807, 2.05) is 39.0 Å². The van der Waals surface area contributed by atoms with Gasteiger partial charge in [-0.2, -0.15) is 0 Å². The number of ether oxygens (including phenoxy) is 3. The van der Waals surface area contributed by atoms with E-state index < -0.39 is 59.6 Å². The Labute approximate surface area is 285 Å². The minimum atomic E-state index is -1.32. The van der Waals surface area contributed by atoms with Crippen LogP contribution in [0, 0.1) is 11.8 Å². The summed E-state index contributed by atoms with van der Waals surface area (Å²) < 4.78 is 18.4. The number of fused-ring (bicyclic) bond motifs is 1. The number of amides is 3. The van der Waals surface area contributed by atoms with Crippen molar-refractivity contribution >= 4 is 39.6 Å². The molecule has 12 heteroatoms. The molecule has 3 aliphatic heterocycles. The molecule has 0 saturated carbocycles. The van der Waals surface area contributed by atoms with Crippen LogP contribution in [-0.2, 0) is 33.4 Å². The quantitative estimate of drug-likeness (QED) is 0.143. The van der Waals surface area contributed by atoms with Gasteiger partial charge in [0.2, 0.25) is 17.7 Å². The molecular formula is C35H48BrN3O8. The van der Waals surface area contributed by atoms with Crippen LogP contribution in [-0.4, -0.2) is 106 Å². The zero-order valence-corrected chi connectivity index (χ0v) is 29.3. The first-order valence-electron chi connectivity index (χ1n) is 16.3. The van der Waals surface area contributed by atoms with Gasteiger partial charge in [0.1, 0.15) is 17.7 Å². The van der Waals surface area contributed by atoms with E-state index in [1.165, 1.54) is 12.0 Å². The van der Waals surface area contributed by atoms with Crippen LogP contribution in [0.1, 0.15) is 58.1 Å². The van der Waals surface area contributed by atoms with Crippen LogP contribution in [0.4, 0.5) is 0 Å². The van der Waals surface area contributed by atoms with Crippen LogP contribution >= 0.6 is 15.9 Å². The second-order valence-electron chi connectivity index (χ2n) is 12.8. The molecule has 0 aliphatic carbocycles. The Hall–Kier alpha value is -3.06. The maximum absolute atomic E-state index is 14.5. The summed E-state index contributed by atoms with van der Waals surface area (Å²) in [6.45, 7) is 13.1. The number of allylic oxidation sites excluding steroid dienone is 1. The summed E-state index contributed by atoms with van der Waals surface area (Å²) in [7, 11) is 1.50. The van der Waals surface area contributed by atoms with Gasteiger partial charge in [0, 0.05) is 30.9 Å². The van der Waals surface area contributed by atoms with E-state index in [1.54, 1.807) is 29.2 Å². The standard InChI is InChI=1S/C35H48BrN3O8/c1-7-10-16-26(41)37-25(20-45-6)29(22-14-12-11-13-15-22)46-34(44)27-28-32(42)39(23(9-3)19-40)31(33(43)38(17-8-2)21(4)5)35(28)18-24(36)30(27)47-35/h7-8,11-15,21,23-25,27-31,40H,1-2,9-10,16-20H2,3-6H3,(H,37,41)/t23-,24?,25+,27-,28+,29+,30-,31-,35+/m0/s1. The minimum Gasteiger partial charge on any atom is -0.455 e. The Kier molecular flexibility index (Phi) is 12.4. The van der Waals surface area contributed by atoms with Crippen molar-refractivity contribution in [2.75, 3.05) is 26.9 Å². The van der Waals surface area contributed by atoms with Crippen LogP contribution in [0.3, 0.4) is 0 Å². The SMILES string of the molecule is C=CCCC(=O)N[C@H](COC)[C@H](OC(=O)[C@@H]1[C@H]2O[C@@]3(CC2Br)[C@H](C(=O)N(CC=C)C(C)C)N([C@@H](CC)CO)C(=O)[C@@H]13)c1ccccc1. The smallest absolute Gasteiger partial charge is 0.313 e. The normalized spacial score (nSPS) is 28.0. The van der Waals surface area contributed by atoms with Crippen LogP contribution in [0.25, 0.3) is 0 Å². The third kappa shape index (κ3) is 7.06. The van der Waals surface area contributed by atoms with Crippen LogP contribution in [0.5, 0.6) is 0 Å². The molecule has 0 aromatic heterocycles. The molecule has 3 heterocycles. The number of carbonyl (C=O) groups is 4. The van der Waals surface area contributed by atoms with E-state index in [9.17, 15) is 24.3 Å². The number of nitrogens with zero attached hydrogens (tertiary/aromatic N) is 2. The summed E-state index contributed by atoms with van der Waals surface area (Å²) in [6.07, 6.45) is 2.99. The van der Waals surface area contributed by atoms with Crippen molar-refractivity contribution < 1.29 is 38.5 Å². The molecule has 1 unspecified atom stereocenters. The fraction of sp³-hybridized carbons (Fsp3) is 0.600. The lowest BCUT2D eigenvalue weighted by molar-refractivity contribution is -0.163. The van der Waals surface area contributed by atoms with E-state index in [0.717, 1.165) is 0 Å². The lowest BCUT2D eigenvalue weighted by Crippen LogP contribution is -2.60. The summed E-state index contributed by atoms with van der Waals surface area (Å²) in [5.74, 6) is -3.72. The Morgan fingerprint density at radius 2 is 1.94 bits per heavy atom. The molecule has 0 radical (unpaired) electrons. The molecule has 3 aliphatic rings. The van der Waals surface area contributed by atoms with Gasteiger partial charge < -0.3 is 34.4 Å². The van der Waals surface area contributed by atoms with E-state index in [4.69, 9.17) is 14.2 Å². The molecule has 2 bridgehead atoms. The van der Waals surface area contributed by atoms with Crippen molar-refractivity contribution in [1.82, 2.24) is 15.1 Å². The number of aliphatic hydroxyl groups excluding tert-OH is 1. The van der Waals surface area contributed by atoms with Gasteiger partial charge in [0.15, 0.2) is 0 Å². The monoisotopic (exact) mass is 717 g/mol. The number of hydrogen-bond donors (Lipinski definition) is 2. The molecular weight excluding hydrogens is 670 g/mol. The van der Waals surface area contributed by atoms with Crippen molar-refractivity contribution in [2.24, 2.45) is 11.8 Å². The Balaban J connectivity index is 1.75. The van der Waals surface area contributed by atoms with Gasteiger partial charge in [0.25, 0.3) is 0 Å². The molecule has 47 heavy (non-hydrogen) atoms. The number of likely N-dealkylation sites (tertiary alicyclic amines) is 1. The van der Waals surface area contributed by atoms with E-state index in [2.05, 4.69) is 34.4 Å². The molecule has 11 nitrogen and oxygen atoms in total. The number of hydrogen-bond acceptors (Lipinski definition) is 8. The van der Waals surface area contributed by atoms with Gasteiger partial charge in [0.05, 0.1) is 43.2 Å². The third-order valence-corrected chi connectivity index (χ3v) is 10.4. The van der Waals surface area contributed by atoms with Gasteiger partial charge >= 0.3 is 5.97 Å². The zero-order chi connectivity index (χ0) is 34.5. The fourth-order valence-corrected chi connectivity index (χ4v) is 8.34. The topological polar surface area (TPSA) is 135 Å². The number of methoxy groups -OCH3 is 1. The number of rotatable bonds is 17. The number of carbonyl (C=O) groups excluding carboxylic acids is 4. The number of nitrogens with one attached hydrogen (secondary N) is 1. The van der Waals surface area contributed by atoms with Gasteiger partial charge in [-0.25, -0.2) is 0 Å². The average Bonchev–Trinajstić information content (AvgIpc) is 3.65. The maximum Gasteiger partial charge on any atom is 0.313 e. The number of esters is 1. The Bertz CT molecular complexity index is 1310. The highest BCUT2D eigenvalue weighted by atomic mass is 79.9. The van der Waals surface area contributed by atoms with Crippen LogP contribution < -0.4 is 5.32 Å². The van der Waals surface area contributed by atoms with Gasteiger partial charge in [-0.15, -0.1) is 13.2 Å². The molecule has 4 rings (SSSR count). The van der Waals surface area contributed by atoms with E-state index >= 15 is 0 Å². The lowest BCUT2D eigenvalue weighted by atomic mass is 9.70. The van der Waals surface area contributed by atoms with Crippen molar-refractivity contribution in [1.29, 1.82) is 0 Å². The average molecular weight is 719 g/mol. The first kappa shape index (κ1) is 36.8. The van der Waals surface area contributed by atoms with Gasteiger partial charge in [-0.3, -0.25) is 19.2 Å². The molecule has 258 valence electrons. The number of alkyl halides is 1. The summed E-state index contributed by atoms with van der Waals surface area (Å²) in [6, 6.07) is 6.39. The first-order valence-corrected chi connectivity index (χ1v) is 17.2. The van der Waals surface area contributed by atoms with Gasteiger partial charge in [-0.05, 0) is 38.7 Å². The van der Waals surface area contributed by atoms with E-state index in [-0.39, 0.29) is 48.9 Å². The molecule has 9 atom stereocenters. The molecule has 3 amide bonds. The first-order chi connectivity index (χ1) is 22.5. The predicted octanol–water partition coefficient (Wildman–Crippen LogP) is 3.31. The Morgan fingerprint density at radius 3 is 2.51 bits per heavy atom. The van der Waals surface area contributed by atoms with Crippen LogP contribution in [0.15, 0.2) is 55.6 Å². The largest absolute Gasteiger partial charge is 0.455 e. The number of benzene rings is 1. The molecule has 3 fully saturated rings. The van der Waals surface area contributed by atoms with Crippen molar-refractivity contribution in [2.45, 2.75) is 93.3 Å². The lowest BCUT2D eigenvalue weighted by Gasteiger charge is -2.40. The van der Waals surface area contributed by atoms with Gasteiger partial charge in [-0.1, -0.05) is 65.3 Å². The summed E-state index contributed by atoms with van der Waals surface area (Å²) in [5, 5.41) is 13.3. The molecule has 1 aromatic carbocycles. The Morgan fingerprint density at radius 1 is 1.23 bits per heavy atom.